The van der Waals surface area contributed by atoms with Crippen LogP contribution in [-0.4, -0.2) is 11.8 Å². The molecule has 0 aliphatic heterocycles. The Hall–Kier alpha value is -0.960. The Morgan fingerprint density at radius 3 is 2.00 bits per heavy atom. The average Bonchev–Trinajstić information content (AvgIpc) is 2.24. The molecule has 100 valence electrons. The number of hydrogen-bond donors (Lipinski definition) is 2. The first-order chi connectivity index (χ1) is 8.16. The molecule has 0 unspecified atom stereocenters. The summed E-state index contributed by atoms with van der Waals surface area (Å²) in [6, 6.07) is 2.22. The number of carbonyl (C=O) groups is 1. The van der Waals surface area contributed by atoms with Crippen LogP contribution >= 0.6 is 12.6 Å². The third-order valence-electron chi connectivity index (χ3n) is 3.72. The van der Waals surface area contributed by atoms with Crippen LogP contribution in [0.4, 0.5) is 4.79 Å². The van der Waals surface area contributed by atoms with Gasteiger partial charge in [-0.2, -0.15) is 0 Å². The lowest BCUT2D eigenvalue weighted by atomic mass is 9.77. The number of carbonyl (C=O) groups excluding carboxylic acids is 1. The van der Waals surface area contributed by atoms with Crippen LogP contribution in [0.25, 0.3) is 0 Å². The molecule has 0 atom stereocenters. The van der Waals surface area contributed by atoms with Gasteiger partial charge in [0.1, 0.15) is 0 Å². The van der Waals surface area contributed by atoms with E-state index in [1.807, 2.05) is 0 Å². The molecule has 0 heterocycles. The summed E-state index contributed by atoms with van der Waals surface area (Å²) in [6.45, 7) is 13.5. The van der Waals surface area contributed by atoms with Crippen molar-refractivity contribution in [2.45, 2.75) is 47.0 Å². The van der Waals surface area contributed by atoms with Gasteiger partial charge in [0.05, 0.1) is 0 Å². The normalized spacial score (nSPS) is 11.5. The van der Waals surface area contributed by atoms with Gasteiger partial charge in [0, 0.05) is 12.0 Å². The Kier molecular flexibility index (Phi) is 4.49. The molecule has 0 aliphatic rings. The Morgan fingerprint density at radius 2 is 1.61 bits per heavy atom. The van der Waals surface area contributed by atoms with E-state index < -0.39 is 0 Å². The molecule has 1 aromatic carbocycles. The molecule has 0 radical (unpaired) electrons. The number of benzene rings is 1. The summed E-state index contributed by atoms with van der Waals surface area (Å²) in [7, 11) is 0. The van der Waals surface area contributed by atoms with E-state index in [2.05, 4.69) is 65.6 Å². The van der Waals surface area contributed by atoms with Gasteiger partial charge in [0.15, 0.2) is 0 Å². The van der Waals surface area contributed by atoms with Gasteiger partial charge >= 0.3 is 0 Å². The van der Waals surface area contributed by atoms with Crippen molar-refractivity contribution in [1.29, 1.82) is 0 Å². The van der Waals surface area contributed by atoms with E-state index >= 15 is 0 Å². The maximum Gasteiger partial charge on any atom is 0.276 e. The molecular formula is C15H23NOS. The molecule has 1 aromatic rings. The van der Waals surface area contributed by atoms with Crippen molar-refractivity contribution in [2.24, 2.45) is 0 Å². The van der Waals surface area contributed by atoms with Crippen LogP contribution in [0.1, 0.15) is 41.7 Å². The quantitative estimate of drug-likeness (QED) is 0.799. The van der Waals surface area contributed by atoms with Crippen LogP contribution in [0.15, 0.2) is 6.07 Å². The molecule has 0 saturated carbocycles. The first-order valence-corrected chi connectivity index (χ1v) is 6.66. The zero-order chi connectivity index (χ0) is 14.1. The summed E-state index contributed by atoms with van der Waals surface area (Å²) in [5.41, 5.74) is 6.48. The number of thiol groups is 1. The standard InChI is InChI=1S/C15H23NOS/c1-9-7-10(2)12(4)13(11(9)3)15(5,6)8-16-14(17)18/h7H,8H2,1-6H3,(H2,16,17,18). The second-order valence-electron chi connectivity index (χ2n) is 5.68. The van der Waals surface area contributed by atoms with Gasteiger partial charge in [-0.3, -0.25) is 4.79 Å². The Morgan fingerprint density at radius 1 is 1.17 bits per heavy atom. The molecule has 0 saturated heterocycles. The van der Waals surface area contributed by atoms with Gasteiger partial charge in [0.2, 0.25) is 0 Å². The SMILES string of the molecule is Cc1cc(C)c(C)c(C(C)(C)CNC(=O)S)c1C. The topological polar surface area (TPSA) is 29.1 Å². The summed E-state index contributed by atoms with van der Waals surface area (Å²) in [6.07, 6.45) is 0. The summed E-state index contributed by atoms with van der Waals surface area (Å²) in [5, 5.41) is 2.53. The van der Waals surface area contributed by atoms with E-state index in [1.165, 1.54) is 27.8 Å². The molecule has 3 heteroatoms. The molecule has 0 aromatic heterocycles. The predicted octanol–water partition coefficient (Wildman–Crippen LogP) is 3.84. The minimum absolute atomic E-state index is 0.0939. The average molecular weight is 265 g/mol. The first-order valence-electron chi connectivity index (χ1n) is 6.21. The van der Waals surface area contributed by atoms with Crippen LogP contribution in [0.3, 0.4) is 0 Å². The second-order valence-corrected chi connectivity index (χ2v) is 6.08. The van der Waals surface area contributed by atoms with Crippen molar-refractivity contribution in [1.82, 2.24) is 5.32 Å². The second kappa shape index (κ2) is 5.35. The van der Waals surface area contributed by atoms with E-state index in [0.717, 1.165) is 0 Å². The van der Waals surface area contributed by atoms with Crippen LogP contribution in [0.2, 0.25) is 0 Å². The minimum atomic E-state index is -0.275. The molecule has 1 amide bonds. The van der Waals surface area contributed by atoms with Crippen LogP contribution in [-0.2, 0) is 5.41 Å². The van der Waals surface area contributed by atoms with E-state index in [-0.39, 0.29) is 10.7 Å². The fourth-order valence-corrected chi connectivity index (χ4v) is 2.70. The maximum absolute atomic E-state index is 11.0. The number of nitrogens with one attached hydrogen (secondary N) is 1. The maximum atomic E-state index is 11.0. The Bertz CT molecular complexity index is 452. The molecule has 18 heavy (non-hydrogen) atoms. The highest BCUT2D eigenvalue weighted by Gasteiger charge is 2.26. The first kappa shape index (κ1) is 15.1. The summed E-state index contributed by atoms with van der Waals surface area (Å²) in [5.74, 6) is 0. The third kappa shape index (κ3) is 3.08. The lowest BCUT2D eigenvalue weighted by Gasteiger charge is -2.30. The minimum Gasteiger partial charge on any atom is -0.346 e. The number of amides is 1. The fraction of sp³-hybridized carbons (Fsp3) is 0.533. The molecular weight excluding hydrogens is 242 g/mol. The highest BCUT2D eigenvalue weighted by atomic mass is 32.1. The van der Waals surface area contributed by atoms with Crippen LogP contribution in [0, 0.1) is 27.7 Å². The van der Waals surface area contributed by atoms with Gasteiger partial charge < -0.3 is 5.32 Å². The lowest BCUT2D eigenvalue weighted by Crippen LogP contribution is -2.35. The highest BCUT2D eigenvalue weighted by molar-refractivity contribution is 7.96. The van der Waals surface area contributed by atoms with Crippen LogP contribution in [0.5, 0.6) is 0 Å². The van der Waals surface area contributed by atoms with E-state index in [4.69, 9.17) is 0 Å². The van der Waals surface area contributed by atoms with Crippen molar-refractivity contribution in [3.63, 3.8) is 0 Å². The molecule has 0 aliphatic carbocycles. The van der Waals surface area contributed by atoms with Crippen molar-refractivity contribution < 1.29 is 4.79 Å². The van der Waals surface area contributed by atoms with Gasteiger partial charge in [0.25, 0.3) is 5.24 Å². The molecule has 1 N–H and O–H groups in total. The molecule has 0 spiro atoms. The fourth-order valence-electron chi connectivity index (χ4n) is 2.62. The van der Waals surface area contributed by atoms with Gasteiger partial charge in [-0.1, -0.05) is 32.5 Å². The lowest BCUT2D eigenvalue weighted by molar-refractivity contribution is 0.258. The van der Waals surface area contributed by atoms with Gasteiger partial charge in [-0.05, 0) is 55.5 Å². The van der Waals surface area contributed by atoms with Crippen molar-refractivity contribution in [3.05, 3.63) is 33.9 Å². The molecule has 0 bridgehead atoms. The zero-order valence-electron chi connectivity index (χ0n) is 12.1. The number of rotatable bonds is 3. The zero-order valence-corrected chi connectivity index (χ0v) is 13.0. The Balaban J connectivity index is 3.26. The number of aryl methyl sites for hydroxylation is 2. The summed E-state index contributed by atoms with van der Waals surface area (Å²) < 4.78 is 0. The predicted molar refractivity (Wildman–Crippen MR) is 80.8 cm³/mol. The van der Waals surface area contributed by atoms with E-state index in [9.17, 15) is 4.79 Å². The van der Waals surface area contributed by atoms with Crippen molar-refractivity contribution in [2.75, 3.05) is 6.54 Å². The molecule has 2 nitrogen and oxygen atoms in total. The monoisotopic (exact) mass is 265 g/mol. The highest BCUT2D eigenvalue weighted by Crippen LogP contribution is 2.32. The summed E-state index contributed by atoms with van der Waals surface area (Å²) >= 11 is 3.76. The van der Waals surface area contributed by atoms with Crippen molar-refractivity contribution >= 4 is 17.9 Å². The van der Waals surface area contributed by atoms with Crippen LogP contribution < -0.4 is 5.32 Å². The number of hydrogen-bond acceptors (Lipinski definition) is 1. The molecule has 0 fully saturated rings. The summed E-state index contributed by atoms with van der Waals surface area (Å²) in [4.78, 5) is 11.0. The van der Waals surface area contributed by atoms with Gasteiger partial charge in [-0.25, -0.2) is 0 Å². The third-order valence-corrected chi connectivity index (χ3v) is 3.88. The van der Waals surface area contributed by atoms with Gasteiger partial charge in [-0.15, -0.1) is 0 Å². The van der Waals surface area contributed by atoms with E-state index in [0.29, 0.717) is 6.54 Å². The smallest absolute Gasteiger partial charge is 0.276 e. The van der Waals surface area contributed by atoms with E-state index in [1.54, 1.807) is 0 Å². The van der Waals surface area contributed by atoms with Crippen molar-refractivity contribution in [3.8, 4) is 0 Å². The Labute approximate surface area is 116 Å². The molecule has 1 rings (SSSR count). The largest absolute Gasteiger partial charge is 0.346 e.